The van der Waals surface area contributed by atoms with Crippen LogP contribution in [0.5, 0.6) is 0 Å². The maximum atomic E-state index is 11.0. The highest BCUT2D eigenvalue weighted by Gasteiger charge is 2.28. The van der Waals surface area contributed by atoms with Gasteiger partial charge in [-0.15, -0.1) is 0 Å². The lowest BCUT2D eigenvalue weighted by Gasteiger charge is -2.04. The van der Waals surface area contributed by atoms with E-state index in [9.17, 15) is 8.42 Å². The Morgan fingerprint density at radius 2 is 2.00 bits per heavy atom. The second-order valence-electron chi connectivity index (χ2n) is 2.88. The van der Waals surface area contributed by atoms with Crippen LogP contribution in [0.4, 0.5) is 0 Å². The summed E-state index contributed by atoms with van der Waals surface area (Å²) in [4.78, 5) is 3.89. The molecule has 3 nitrogen and oxygen atoms in total. The van der Waals surface area contributed by atoms with E-state index in [1.807, 2.05) is 0 Å². The topological polar surface area (TPSA) is 46.5 Å². The number of aliphatic imine (C=N–C) groups is 1. The summed E-state index contributed by atoms with van der Waals surface area (Å²) in [6.45, 7) is 0. The molecular weight excluding hydrogens is 256 g/mol. The molecule has 0 N–H and O–H groups in total. The van der Waals surface area contributed by atoms with Gasteiger partial charge in [-0.3, -0.25) is 4.99 Å². The minimum absolute atomic E-state index is 0.0598. The summed E-state index contributed by atoms with van der Waals surface area (Å²) < 4.78 is 20.4. The van der Waals surface area contributed by atoms with Crippen molar-refractivity contribution in [1.29, 1.82) is 0 Å². The summed E-state index contributed by atoms with van der Waals surface area (Å²) >= 11 is 16.2. The molecule has 1 fully saturated rings. The lowest BCUT2D eigenvalue weighted by molar-refractivity contribution is 0.601. The third-order valence-corrected chi connectivity index (χ3v) is 3.68. The quantitative estimate of drug-likeness (QED) is 0.534. The summed E-state index contributed by atoms with van der Waals surface area (Å²) in [6.07, 6.45) is 1.67. The summed E-state index contributed by atoms with van der Waals surface area (Å²) in [5.74, 6) is 0.235. The molecule has 0 aromatic rings. The Morgan fingerprint density at radius 1 is 1.38 bits per heavy atom. The molecule has 1 saturated heterocycles. The second kappa shape index (κ2) is 3.93. The smallest absolute Gasteiger partial charge is 0.225 e. The largest absolute Gasteiger partial charge is 0.289 e. The molecule has 0 aromatic heterocycles. The van der Waals surface area contributed by atoms with E-state index in [0.29, 0.717) is 6.42 Å². The molecule has 1 rings (SSSR count). The van der Waals surface area contributed by atoms with Crippen LogP contribution in [-0.2, 0) is 9.84 Å². The van der Waals surface area contributed by atoms with Crippen LogP contribution < -0.4 is 0 Å². The van der Waals surface area contributed by atoms with Crippen LogP contribution in [0, 0.1) is 0 Å². The van der Waals surface area contributed by atoms with Crippen molar-refractivity contribution in [2.45, 2.75) is 16.3 Å². The van der Waals surface area contributed by atoms with Gasteiger partial charge >= 0.3 is 0 Å². The van der Waals surface area contributed by atoms with E-state index >= 15 is 0 Å². The second-order valence-corrected chi connectivity index (χ2v) is 7.47. The van der Waals surface area contributed by atoms with Crippen LogP contribution in [0.3, 0.4) is 0 Å². The lowest BCUT2D eigenvalue weighted by Crippen LogP contribution is -2.11. The first kappa shape index (κ1) is 11.6. The first-order chi connectivity index (χ1) is 5.79. The Bertz CT molecular complexity index is 306. The zero-order valence-corrected chi connectivity index (χ0v) is 9.67. The van der Waals surface area contributed by atoms with E-state index in [1.54, 1.807) is 0 Å². The molecule has 0 bridgehead atoms. The molecule has 76 valence electrons. The van der Waals surface area contributed by atoms with E-state index < -0.39 is 13.6 Å². The number of sulfone groups is 1. The molecule has 0 aromatic carbocycles. The normalized spacial score (nSPS) is 28.4. The van der Waals surface area contributed by atoms with Gasteiger partial charge in [-0.1, -0.05) is 34.8 Å². The Kier molecular flexibility index (Phi) is 3.49. The van der Waals surface area contributed by atoms with Crippen molar-refractivity contribution in [2.24, 2.45) is 4.99 Å². The third kappa shape index (κ3) is 4.49. The summed E-state index contributed by atoms with van der Waals surface area (Å²) in [6, 6.07) is -0.249. The Hall–Kier alpha value is 0.490. The minimum Gasteiger partial charge on any atom is -0.289 e. The first-order valence-corrected chi connectivity index (χ1v) is 6.55. The van der Waals surface area contributed by atoms with Gasteiger partial charge in [0.05, 0.1) is 23.8 Å². The van der Waals surface area contributed by atoms with Crippen molar-refractivity contribution in [1.82, 2.24) is 0 Å². The van der Waals surface area contributed by atoms with Gasteiger partial charge in [0.1, 0.15) is 0 Å². The number of hydrogen-bond donors (Lipinski definition) is 0. The molecule has 1 aliphatic rings. The minimum atomic E-state index is -2.91. The van der Waals surface area contributed by atoms with Gasteiger partial charge in [-0.25, -0.2) is 8.42 Å². The molecular formula is C6H8Cl3NO2S. The zero-order valence-electron chi connectivity index (χ0n) is 6.58. The molecule has 1 unspecified atom stereocenters. The molecule has 0 radical (unpaired) electrons. The van der Waals surface area contributed by atoms with Crippen LogP contribution in [0.1, 0.15) is 6.42 Å². The van der Waals surface area contributed by atoms with E-state index in [0.717, 1.165) is 6.21 Å². The van der Waals surface area contributed by atoms with Crippen LogP contribution in [0.25, 0.3) is 0 Å². The molecule has 0 spiro atoms. The van der Waals surface area contributed by atoms with Crippen LogP contribution in [-0.4, -0.2) is 36.0 Å². The van der Waals surface area contributed by atoms with Crippen molar-refractivity contribution in [2.75, 3.05) is 11.5 Å². The van der Waals surface area contributed by atoms with Gasteiger partial charge in [-0.2, -0.15) is 0 Å². The maximum Gasteiger partial charge on any atom is 0.225 e. The predicted molar refractivity (Wildman–Crippen MR) is 55.8 cm³/mol. The maximum absolute atomic E-state index is 11.0. The predicted octanol–water partition coefficient (Wildman–Crippen LogP) is 1.61. The zero-order chi connectivity index (χ0) is 10.1. The van der Waals surface area contributed by atoms with Crippen molar-refractivity contribution in [3.05, 3.63) is 0 Å². The molecule has 0 aliphatic carbocycles. The fraction of sp³-hybridized carbons (Fsp3) is 0.833. The summed E-state index contributed by atoms with van der Waals surface area (Å²) in [5, 5.41) is 0. The number of halogens is 3. The van der Waals surface area contributed by atoms with Gasteiger partial charge in [0.15, 0.2) is 9.84 Å². The van der Waals surface area contributed by atoms with Gasteiger partial charge < -0.3 is 0 Å². The van der Waals surface area contributed by atoms with Crippen LogP contribution >= 0.6 is 34.8 Å². The van der Waals surface area contributed by atoms with E-state index in [4.69, 9.17) is 34.8 Å². The molecule has 1 aliphatic heterocycles. The molecule has 13 heavy (non-hydrogen) atoms. The average molecular weight is 265 g/mol. The highest BCUT2D eigenvalue weighted by molar-refractivity contribution is 7.91. The van der Waals surface area contributed by atoms with Gasteiger partial charge in [0.2, 0.25) is 3.79 Å². The van der Waals surface area contributed by atoms with Gasteiger partial charge in [0, 0.05) is 0 Å². The van der Waals surface area contributed by atoms with Crippen LogP contribution in [0.15, 0.2) is 4.99 Å². The Labute approximate surface area is 92.0 Å². The van der Waals surface area contributed by atoms with Crippen molar-refractivity contribution < 1.29 is 8.42 Å². The highest BCUT2D eigenvalue weighted by Crippen LogP contribution is 2.24. The standard InChI is InChI=1S/C6H8Cl3NO2S/c7-6(8,9)4-10-5-1-2-13(11,12)3-5/h4-5H,1-3H2. The molecule has 0 amide bonds. The summed E-state index contributed by atoms with van der Waals surface area (Å²) in [7, 11) is -2.91. The fourth-order valence-electron chi connectivity index (χ4n) is 1.08. The fourth-order valence-corrected chi connectivity index (χ4v) is 2.89. The molecule has 7 heteroatoms. The van der Waals surface area contributed by atoms with E-state index in [-0.39, 0.29) is 17.5 Å². The average Bonchev–Trinajstić information content (AvgIpc) is 2.24. The molecule has 1 heterocycles. The number of hydrogen-bond acceptors (Lipinski definition) is 3. The Balaban J connectivity index is 2.55. The first-order valence-electron chi connectivity index (χ1n) is 3.60. The van der Waals surface area contributed by atoms with Crippen molar-refractivity contribution in [3.63, 3.8) is 0 Å². The highest BCUT2D eigenvalue weighted by atomic mass is 35.6. The van der Waals surface area contributed by atoms with Gasteiger partial charge in [-0.05, 0) is 6.42 Å². The monoisotopic (exact) mass is 263 g/mol. The number of nitrogens with zero attached hydrogens (tertiary/aromatic N) is 1. The third-order valence-electron chi connectivity index (χ3n) is 1.64. The van der Waals surface area contributed by atoms with Crippen molar-refractivity contribution >= 4 is 50.9 Å². The van der Waals surface area contributed by atoms with Gasteiger partial charge in [0.25, 0.3) is 0 Å². The number of alkyl halides is 3. The SMILES string of the molecule is O=S1(=O)CCC(N=CC(Cl)(Cl)Cl)C1. The number of rotatable bonds is 1. The van der Waals surface area contributed by atoms with Crippen LogP contribution in [0.2, 0.25) is 0 Å². The molecule has 0 saturated carbocycles. The van der Waals surface area contributed by atoms with Crippen molar-refractivity contribution in [3.8, 4) is 0 Å². The Morgan fingerprint density at radius 3 is 2.38 bits per heavy atom. The molecule has 1 atom stereocenters. The summed E-state index contributed by atoms with van der Waals surface area (Å²) in [5.41, 5.74) is 0. The van der Waals surface area contributed by atoms with E-state index in [1.165, 1.54) is 0 Å². The lowest BCUT2D eigenvalue weighted by atomic mass is 10.3. The van der Waals surface area contributed by atoms with E-state index in [2.05, 4.69) is 4.99 Å².